The van der Waals surface area contributed by atoms with Crippen LogP contribution in [0.15, 0.2) is 23.3 Å². The number of aliphatic hydroxyl groups excluding tert-OH is 2. The van der Waals surface area contributed by atoms with E-state index in [2.05, 4.69) is 39.8 Å². The van der Waals surface area contributed by atoms with E-state index in [9.17, 15) is 20.1 Å². The van der Waals surface area contributed by atoms with Gasteiger partial charge in [0.15, 0.2) is 0 Å². The Morgan fingerprint density at radius 2 is 1.82 bits per heavy atom. The summed E-state index contributed by atoms with van der Waals surface area (Å²) in [6, 6.07) is 0. The molecule has 0 aromatic heterocycles. The Hall–Kier alpha value is -1.13. The monoisotopic (exact) mass is 388 g/mol. The fourth-order valence-electron chi connectivity index (χ4n) is 7.66. The van der Waals surface area contributed by atoms with Gasteiger partial charge in [-0.3, -0.25) is 4.79 Å². The Bertz CT molecular complexity index is 750. The third-order valence-electron chi connectivity index (χ3n) is 9.61. The number of carboxylic acid groups (broad SMARTS) is 1. The van der Waals surface area contributed by atoms with Crippen LogP contribution >= 0.6 is 0 Å². The summed E-state index contributed by atoms with van der Waals surface area (Å²) in [5.41, 5.74) is 2.03. The first-order valence-corrected chi connectivity index (χ1v) is 11.0. The third kappa shape index (κ3) is 2.40. The highest BCUT2D eigenvalue weighted by Gasteiger charge is 2.61. The maximum Gasteiger partial charge on any atom is 0.306 e. The lowest BCUT2D eigenvalue weighted by atomic mass is 9.46. The van der Waals surface area contributed by atoms with Gasteiger partial charge in [0.25, 0.3) is 0 Å². The van der Waals surface area contributed by atoms with Gasteiger partial charge in [0.1, 0.15) is 0 Å². The second kappa shape index (κ2) is 6.18. The lowest BCUT2D eigenvalue weighted by Crippen LogP contribution is -2.55. The van der Waals surface area contributed by atoms with Crippen molar-refractivity contribution in [3.8, 4) is 0 Å². The van der Waals surface area contributed by atoms with Crippen molar-refractivity contribution < 1.29 is 20.1 Å². The summed E-state index contributed by atoms with van der Waals surface area (Å²) in [5.74, 6) is -0.649. The molecule has 0 aromatic carbocycles. The number of aliphatic hydroxyl groups is 2. The van der Waals surface area contributed by atoms with E-state index < -0.39 is 23.4 Å². The summed E-state index contributed by atoms with van der Waals surface area (Å²) >= 11 is 0. The minimum Gasteiger partial charge on any atom is -0.481 e. The Morgan fingerprint density at radius 3 is 2.46 bits per heavy atom. The molecule has 4 aliphatic carbocycles. The topological polar surface area (TPSA) is 77.8 Å². The zero-order valence-electron chi connectivity index (χ0n) is 17.9. The fraction of sp³-hybridized carbons (Fsp3) is 0.792. The smallest absolute Gasteiger partial charge is 0.306 e. The SMILES string of the molecule is C[C@H](C(=O)O)[C@H]1CC[C@H]2C3=CC[C@H]4C(C)(C)[C@@H](O)CC[C@]4(C)C3=C[C@@H](O)[C@]12C. The number of aliphatic carboxylic acids is 1. The normalized spacial score (nSPS) is 47.9. The second-order valence-electron chi connectivity index (χ2n) is 11.0. The quantitative estimate of drug-likeness (QED) is 0.663. The lowest BCUT2D eigenvalue weighted by Gasteiger charge is -2.59. The van der Waals surface area contributed by atoms with Gasteiger partial charge in [0, 0.05) is 5.41 Å². The van der Waals surface area contributed by atoms with E-state index in [1.807, 2.05) is 0 Å². The molecule has 4 rings (SSSR count). The molecule has 156 valence electrons. The summed E-state index contributed by atoms with van der Waals surface area (Å²) in [7, 11) is 0. The molecule has 4 nitrogen and oxygen atoms in total. The van der Waals surface area contributed by atoms with E-state index in [0.717, 1.165) is 32.1 Å². The van der Waals surface area contributed by atoms with E-state index in [1.165, 1.54) is 11.1 Å². The molecule has 28 heavy (non-hydrogen) atoms. The lowest BCUT2D eigenvalue weighted by molar-refractivity contribution is -0.146. The summed E-state index contributed by atoms with van der Waals surface area (Å²) in [6.45, 7) is 10.6. The van der Waals surface area contributed by atoms with Gasteiger partial charge >= 0.3 is 5.97 Å². The van der Waals surface area contributed by atoms with Gasteiger partial charge in [-0.2, -0.15) is 0 Å². The van der Waals surface area contributed by atoms with Gasteiger partial charge in [-0.1, -0.05) is 46.8 Å². The molecular formula is C24H36O4. The van der Waals surface area contributed by atoms with Crippen LogP contribution in [0.5, 0.6) is 0 Å². The summed E-state index contributed by atoms with van der Waals surface area (Å²) in [4.78, 5) is 11.7. The second-order valence-corrected chi connectivity index (χ2v) is 11.0. The highest BCUT2D eigenvalue weighted by molar-refractivity contribution is 5.70. The van der Waals surface area contributed by atoms with E-state index >= 15 is 0 Å². The number of rotatable bonds is 2. The number of allylic oxidation sites excluding steroid dienone is 3. The molecule has 3 N–H and O–H groups in total. The molecule has 4 aliphatic rings. The van der Waals surface area contributed by atoms with E-state index in [0.29, 0.717) is 5.92 Å². The summed E-state index contributed by atoms with van der Waals surface area (Å²) < 4.78 is 0. The van der Waals surface area contributed by atoms with Gasteiger partial charge in [-0.25, -0.2) is 0 Å². The Labute approximate surface area is 168 Å². The molecule has 0 bridgehead atoms. The largest absolute Gasteiger partial charge is 0.481 e. The van der Waals surface area contributed by atoms with Crippen molar-refractivity contribution in [2.45, 2.75) is 78.9 Å². The molecule has 0 radical (unpaired) electrons. The van der Waals surface area contributed by atoms with Crippen molar-refractivity contribution in [2.75, 3.05) is 0 Å². The highest BCUT2D eigenvalue weighted by Crippen LogP contribution is 2.66. The summed E-state index contributed by atoms with van der Waals surface area (Å²) in [6.07, 6.45) is 8.01. The van der Waals surface area contributed by atoms with Crippen molar-refractivity contribution in [1.29, 1.82) is 0 Å². The minimum absolute atomic E-state index is 0.0150. The van der Waals surface area contributed by atoms with Crippen molar-refractivity contribution in [2.24, 2.45) is 39.9 Å². The van der Waals surface area contributed by atoms with Crippen molar-refractivity contribution in [3.63, 3.8) is 0 Å². The molecule has 0 spiro atoms. The first-order valence-electron chi connectivity index (χ1n) is 11.0. The molecule has 0 aromatic rings. The molecule has 0 amide bonds. The standard InChI is InChI=1S/C24H36O4/c1-13(21(27)28)15-7-8-16-14-6-9-18-22(2,3)19(25)10-11-23(18,4)17(14)12-20(26)24(15,16)5/h6,12-13,15-16,18-20,25-26H,7-11H2,1-5H3,(H,27,28)/t13-,15+,16-,18-,19-,20+,23+,24+/m0/s1. The van der Waals surface area contributed by atoms with Crippen LogP contribution in [0.1, 0.15) is 66.7 Å². The van der Waals surface area contributed by atoms with E-state index in [-0.39, 0.29) is 28.8 Å². The maximum atomic E-state index is 11.7. The number of fused-ring (bicyclic) bond motifs is 5. The van der Waals surface area contributed by atoms with Gasteiger partial charge in [-0.15, -0.1) is 0 Å². The van der Waals surface area contributed by atoms with Gasteiger partial charge < -0.3 is 15.3 Å². The molecule has 0 aliphatic heterocycles. The Balaban J connectivity index is 1.78. The molecule has 2 fully saturated rings. The molecule has 0 unspecified atom stereocenters. The molecule has 8 atom stereocenters. The first kappa shape index (κ1) is 20.2. The van der Waals surface area contributed by atoms with Gasteiger partial charge in [0.05, 0.1) is 18.1 Å². The van der Waals surface area contributed by atoms with Crippen LogP contribution in [-0.2, 0) is 4.79 Å². The van der Waals surface area contributed by atoms with Crippen LogP contribution in [0, 0.1) is 39.9 Å². The molecular weight excluding hydrogens is 352 g/mol. The predicted molar refractivity (Wildman–Crippen MR) is 109 cm³/mol. The molecule has 2 saturated carbocycles. The van der Waals surface area contributed by atoms with Crippen LogP contribution in [0.25, 0.3) is 0 Å². The molecule has 0 saturated heterocycles. The average Bonchev–Trinajstić information content (AvgIpc) is 2.98. The predicted octanol–water partition coefficient (Wildman–Crippen LogP) is 4.17. The van der Waals surface area contributed by atoms with Crippen molar-refractivity contribution in [1.82, 2.24) is 0 Å². The van der Waals surface area contributed by atoms with Crippen molar-refractivity contribution >= 4 is 5.97 Å². The molecule has 4 heteroatoms. The minimum atomic E-state index is -0.762. The zero-order chi connectivity index (χ0) is 20.6. The zero-order valence-corrected chi connectivity index (χ0v) is 17.9. The number of hydrogen-bond acceptors (Lipinski definition) is 3. The Kier molecular flexibility index (Phi) is 4.45. The van der Waals surface area contributed by atoms with Crippen LogP contribution in [0.4, 0.5) is 0 Å². The van der Waals surface area contributed by atoms with E-state index in [1.54, 1.807) is 6.92 Å². The maximum absolute atomic E-state index is 11.7. The van der Waals surface area contributed by atoms with Crippen LogP contribution in [0.2, 0.25) is 0 Å². The Morgan fingerprint density at radius 1 is 1.14 bits per heavy atom. The van der Waals surface area contributed by atoms with Gasteiger partial charge in [0.2, 0.25) is 0 Å². The summed E-state index contributed by atoms with van der Waals surface area (Å²) in [5, 5.41) is 31.6. The average molecular weight is 389 g/mol. The van der Waals surface area contributed by atoms with E-state index in [4.69, 9.17) is 0 Å². The first-order chi connectivity index (χ1) is 13.0. The van der Waals surface area contributed by atoms with Crippen LogP contribution in [0.3, 0.4) is 0 Å². The van der Waals surface area contributed by atoms with Crippen LogP contribution in [-0.4, -0.2) is 33.5 Å². The number of hydrogen-bond donors (Lipinski definition) is 3. The molecule has 0 heterocycles. The van der Waals surface area contributed by atoms with Crippen LogP contribution < -0.4 is 0 Å². The number of carboxylic acids is 1. The highest BCUT2D eigenvalue weighted by atomic mass is 16.4. The fourth-order valence-corrected chi connectivity index (χ4v) is 7.66. The van der Waals surface area contributed by atoms with Crippen molar-refractivity contribution in [3.05, 3.63) is 23.3 Å². The third-order valence-corrected chi connectivity index (χ3v) is 9.61. The number of carbonyl (C=O) groups is 1. The van der Waals surface area contributed by atoms with Gasteiger partial charge in [-0.05, 0) is 71.8 Å².